The number of carbonyl (C=O) groups excluding carboxylic acids is 2. The van der Waals surface area contributed by atoms with Crippen molar-refractivity contribution in [2.75, 3.05) is 38.1 Å². The van der Waals surface area contributed by atoms with Gasteiger partial charge in [-0.05, 0) is 55.8 Å². The zero-order chi connectivity index (χ0) is 23.5. The van der Waals surface area contributed by atoms with Crippen molar-refractivity contribution >= 4 is 41.1 Å². The van der Waals surface area contributed by atoms with Gasteiger partial charge in [0.05, 0.1) is 24.8 Å². The van der Waals surface area contributed by atoms with Gasteiger partial charge >= 0.3 is 6.09 Å². The highest BCUT2D eigenvalue weighted by Crippen LogP contribution is 2.37. The van der Waals surface area contributed by atoms with Gasteiger partial charge in [0.15, 0.2) is 11.5 Å². The molecule has 0 saturated heterocycles. The Bertz CT molecular complexity index is 961. The molecule has 2 N–H and O–H groups in total. The molecule has 0 spiro atoms. The molecule has 0 radical (unpaired) electrons. The summed E-state index contributed by atoms with van der Waals surface area (Å²) in [7, 11) is 3.04. The maximum absolute atomic E-state index is 12.3. The van der Waals surface area contributed by atoms with E-state index in [0.29, 0.717) is 40.1 Å². The predicted octanol–water partition coefficient (Wildman–Crippen LogP) is 4.98. The van der Waals surface area contributed by atoms with Crippen molar-refractivity contribution in [2.45, 2.75) is 20.0 Å². The number of ether oxygens (including phenoxy) is 4. The van der Waals surface area contributed by atoms with Crippen molar-refractivity contribution in [1.82, 2.24) is 0 Å². The molecular formula is C23H27ClN2O6. The fourth-order valence-corrected chi connectivity index (χ4v) is 2.85. The first kappa shape index (κ1) is 25.0. The van der Waals surface area contributed by atoms with E-state index < -0.39 is 6.09 Å². The molecular weight excluding hydrogens is 436 g/mol. The Kier molecular flexibility index (Phi) is 9.84. The zero-order valence-corrected chi connectivity index (χ0v) is 19.2. The Balaban J connectivity index is 2.02. The third-order valence-electron chi connectivity index (χ3n) is 3.93. The van der Waals surface area contributed by atoms with Gasteiger partial charge in [-0.1, -0.05) is 17.7 Å². The summed E-state index contributed by atoms with van der Waals surface area (Å²) >= 11 is 6.31. The van der Waals surface area contributed by atoms with Gasteiger partial charge < -0.3 is 24.3 Å². The summed E-state index contributed by atoms with van der Waals surface area (Å²) in [6.07, 6.45) is 2.30. The standard InChI is InChI=1S/C23H27ClN2O6/c1-15(2)32-22-19(24)12-16(13-20(22)30-4)8-9-21(27)25-17-6-5-7-18(14-17)26-23(28)31-11-10-29-3/h5-9,12-15H,10-11H2,1-4H3,(H,25,27)(H,26,28)/b9-8+. The normalized spacial score (nSPS) is 10.8. The predicted molar refractivity (Wildman–Crippen MR) is 125 cm³/mol. The zero-order valence-electron chi connectivity index (χ0n) is 18.4. The minimum absolute atomic E-state index is 0.0639. The van der Waals surface area contributed by atoms with E-state index in [0.717, 1.165) is 0 Å². The van der Waals surface area contributed by atoms with Gasteiger partial charge in [-0.25, -0.2) is 4.79 Å². The molecule has 0 fully saturated rings. The quantitative estimate of drug-likeness (QED) is 0.382. The van der Waals surface area contributed by atoms with Crippen molar-refractivity contribution < 1.29 is 28.5 Å². The van der Waals surface area contributed by atoms with Crippen molar-refractivity contribution in [3.05, 3.63) is 53.1 Å². The second-order valence-electron chi connectivity index (χ2n) is 6.86. The summed E-state index contributed by atoms with van der Waals surface area (Å²) in [6, 6.07) is 10.1. The van der Waals surface area contributed by atoms with E-state index in [1.54, 1.807) is 42.5 Å². The first-order chi connectivity index (χ1) is 15.3. The molecule has 0 aromatic heterocycles. The van der Waals surface area contributed by atoms with Gasteiger partial charge in [0.1, 0.15) is 6.61 Å². The number of hydrogen-bond donors (Lipinski definition) is 2. The SMILES string of the molecule is COCCOC(=O)Nc1cccc(NC(=O)/C=C/c2cc(Cl)c(OC(C)C)c(OC)c2)c1. The summed E-state index contributed by atoms with van der Waals surface area (Å²) < 4.78 is 20.8. The number of amides is 2. The topological polar surface area (TPSA) is 95.1 Å². The molecule has 172 valence electrons. The number of methoxy groups -OCH3 is 2. The third kappa shape index (κ3) is 8.13. The molecule has 2 amide bonds. The molecule has 9 heteroatoms. The summed E-state index contributed by atoms with van der Waals surface area (Å²) in [4.78, 5) is 24.1. The molecule has 0 unspecified atom stereocenters. The molecule has 0 atom stereocenters. The average molecular weight is 463 g/mol. The van der Waals surface area contributed by atoms with Crippen LogP contribution in [0.4, 0.5) is 16.2 Å². The molecule has 0 aliphatic heterocycles. The summed E-state index contributed by atoms with van der Waals surface area (Å²) in [5, 5.41) is 5.70. The van der Waals surface area contributed by atoms with E-state index in [9.17, 15) is 9.59 Å². The highest BCUT2D eigenvalue weighted by atomic mass is 35.5. The van der Waals surface area contributed by atoms with E-state index >= 15 is 0 Å². The molecule has 0 saturated carbocycles. The molecule has 0 aliphatic carbocycles. The van der Waals surface area contributed by atoms with Crippen LogP contribution in [-0.4, -0.2) is 45.5 Å². The Labute approximate surface area is 192 Å². The fraction of sp³-hybridized carbons (Fsp3) is 0.304. The van der Waals surface area contributed by atoms with Crippen LogP contribution in [0.3, 0.4) is 0 Å². The first-order valence-electron chi connectivity index (χ1n) is 9.88. The molecule has 2 aromatic carbocycles. The van der Waals surface area contributed by atoms with E-state index in [-0.39, 0.29) is 18.6 Å². The van der Waals surface area contributed by atoms with Crippen LogP contribution >= 0.6 is 11.6 Å². The monoisotopic (exact) mass is 462 g/mol. The smallest absolute Gasteiger partial charge is 0.411 e. The maximum Gasteiger partial charge on any atom is 0.411 e. The Hall–Kier alpha value is -3.23. The number of nitrogens with one attached hydrogen (secondary N) is 2. The first-order valence-corrected chi connectivity index (χ1v) is 10.3. The van der Waals surface area contributed by atoms with Crippen molar-refractivity contribution in [1.29, 1.82) is 0 Å². The molecule has 8 nitrogen and oxygen atoms in total. The third-order valence-corrected chi connectivity index (χ3v) is 4.21. The summed E-state index contributed by atoms with van der Waals surface area (Å²) in [5.41, 5.74) is 1.66. The molecule has 2 rings (SSSR count). The second kappa shape index (κ2) is 12.6. The van der Waals surface area contributed by atoms with Gasteiger partial charge in [-0.3, -0.25) is 10.1 Å². The molecule has 0 aliphatic rings. The Morgan fingerprint density at radius 2 is 1.78 bits per heavy atom. The lowest BCUT2D eigenvalue weighted by molar-refractivity contribution is -0.111. The van der Waals surface area contributed by atoms with E-state index in [4.69, 9.17) is 30.5 Å². The van der Waals surface area contributed by atoms with Crippen LogP contribution < -0.4 is 20.1 Å². The minimum Gasteiger partial charge on any atom is -0.493 e. The van der Waals surface area contributed by atoms with Gasteiger partial charge in [0.2, 0.25) is 5.91 Å². The van der Waals surface area contributed by atoms with Crippen molar-refractivity contribution in [2.24, 2.45) is 0 Å². The number of rotatable bonds is 10. The van der Waals surface area contributed by atoms with Crippen LogP contribution in [0.2, 0.25) is 5.02 Å². The van der Waals surface area contributed by atoms with Crippen LogP contribution in [0.25, 0.3) is 6.08 Å². The number of benzene rings is 2. The lowest BCUT2D eigenvalue weighted by Crippen LogP contribution is -2.16. The van der Waals surface area contributed by atoms with Crippen LogP contribution in [0, 0.1) is 0 Å². The van der Waals surface area contributed by atoms with E-state index in [1.807, 2.05) is 13.8 Å². The number of hydrogen-bond acceptors (Lipinski definition) is 6. The molecule has 32 heavy (non-hydrogen) atoms. The average Bonchev–Trinajstić information content (AvgIpc) is 2.74. The van der Waals surface area contributed by atoms with E-state index in [1.165, 1.54) is 20.3 Å². The van der Waals surface area contributed by atoms with Crippen molar-refractivity contribution in [3.63, 3.8) is 0 Å². The number of anilines is 2. The highest BCUT2D eigenvalue weighted by Gasteiger charge is 2.13. The largest absolute Gasteiger partial charge is 0.493 e. The molecule has 0 heterocycles. The highest BCUT2D eigenvalue weighted by molar-refractivity contribution is 6.32. The Morgan fingerprint density at radius 1 is 1.06 bits per heavy atom. The Morgan fingerprint density at radius 3 is 2.44 bits per heavy atom. The minimum atomic E-state index is -0.610. The van der Waals surface area contributed by atoms with Crippen LogP contribution in [-0.2, 0) is 14.3 Å². The van der Waals surface area contributed by atoms with Gasteiger partial charge in [0, 0.05) is 24.6 Å². The summed E-state index contributed by atoms with van der Waals surface area (Å²) in [6.45, 7) is 4.23. The van der Waals surface area contributed by atoms with Crippen LogP contribution in [0.1, 0.15) is 19.4 Å². The molecule has 0 bridgehead atoms. The van der Waals surface area contributed by atoms with Crippen LogP contribution in [0.15, 0.2) is 42.5 Å². The van der Waals surface area contributed by atoms with Gasteiger partial charge in [-0.15, -0.1) is 0 Å². The lowest BCUT2D eigenvalue weighted by atomic mass is 10.1. The van der Waals surface area contributed by atoms with Gasteiger partial charge in [0.25, 0.3) is 0 Å². The number of halogens is 1. The second-order valence-corrected chi connectivity index (χ2v) is 7.27. The molecule has 2 aromatic rings. The van der Waals surface area contributed by atoms with Crippen molar-refractivity contribution in [3.8, 4) is 11.5 Å². The lowest BCUT2D eigenvalue weighted by Gasteiger charge is -2.15. The van der Waals surface area contributed by atoms with Gasteiger partial charge in [-0.2, -0.15) is 0 Å². The fourth-order valence-electron chi connectivity index (χ4n) is 2.59. The summed E-state index contributed by atoms with van der Waals surface area (Å²) in [5.74, 6) is 0.570. The number of carbonyl (C=O) groups is 2. The maximum atomic E-state index is 12.3. The van der Waals surface area contributed by atoms with Crippen LogP contribution in [0.5, 0.6) is 11.5 Å². The van der Waals surface area contributed by atoms with E-state index in [2.05, 4.69) is 10.6 Å².